The zero-order valence-corrected chi connectivity index (χ0v) is 18.4. The van der Waals surface area contributed by atoms with E-state index in [2.05, 4.69) is 5.32 Å². The van der Waals surface area contributed by atoms with E-state index < -0.39 is 10.0 Å². The summed E-state index contributed by atoms with van der Waals surface area (Å²) in [7, 11) is -3.44. The van der Waals surface area contributed by atoms with Gasteiger partial charge in [-0.25, -0.2) is 8.42 Å². The van der Waals surface area contributed by atoms with Crippen molar-refractivity contribution in [3.63, 3.8) is 0 Å². The highest BCUT2D eigenvalue weighted by molar-refractivity contribution is 7.89. The highest BCUT2D eigenvalue weighted by Crippen LogP contribution is 2.23. The third-order valence-corrected chi connectivity index (χ3v) is 7.66. The Hall–Kier alpha value is -1.60. The van der Waals surface area contributed by atoms with Crippen molar-refractivity contribution in [1.82, 2.24) is 9.62 Å². The third-order valence-electron chi connectivity index (χ3n) is 5.01. The summed E-state index contributed by atoms with van der Waals surface area (Å²) < 4.78 is 27.2. The molecule has 0 unspecified atom stereocenters. The molecule has 0 atom stereocenters. The van der Waals surface area contributed by atoms with Crippen molar-refractivity contribution in [3.8, 4) is 0 Å². The molecule has 29 heavy (non-hydrogen) atoms. The van der Waals surface area contributed by atoms with Crippen LogP contribution in [0.4, 0.5) is 0 Å². The lowest BCUT2D eigenvalue weighted by Crippen LogP contribution is -2.31. The molecule has 1 fully saturated rings. The Labute approximate surface area is 182 Å². The van der Waals surface area contributed by atoms with Gasteiger partial charge in [0.25, 0.3) is 5.91 Å². The summed E-state index contributed by atoms with van der Waals surface area (Å²) in [5.41, 5.74) is 1.40. The van der Waals surface area contributed by atoms with Crippen molar-refractivity contribution in [2.24, 2.45) is 0 Å². The maximum Gasteiger partial charge on any atom is 0.251 e. The van der Waals surface area contributed by atoms with Gasteiger partial charge in [-0.2, -0.15) is 4.31 Å². The van der Waals surface area contributed by atoms with Gasteiger partial charge in [-0.3, -0.25) is 4.79 Å². The summed E-state index contributed by atoms with van der Waals surface area (Å²) in [4.78, 5) is 12.5. The second kappa shape index (κ2) is 9.94. The third kappa shape index (κ3) is 5.72. The molecule has 156 valence electrons. The Balaban J connectivity index is 1.56. The average molecular weight is 455 g/mol. The standard InChI is InChI=1S/C21H24Cl2N2O3S/c22-19-10-7-17(15-20(19)23)21(26)24-12-11-16-5-8-18(9-6-16)29(27,28)25-13-3-1-2-4-14-25/h5-10,15H,1-4,11-14H2,(H,24,26). The molecule has 1 saturated heterocycles. The van der Waals surface area contributed by atoms with Crippen LogP contribution >= 0.6 is 23.2 Å². The Morgan fingerprint density at radius 3 is 2.21 bits per heavy atom. The molecule has 1 aliphatic heterocycles. The van der Waals surface area contributed by atoms with E-state index >= 15 is 0 Å². The Kier molecular flexibility index (Phi) is 7.57. The molecule has 3 rings (SSSR count). The zero-order valence-electron chi connectivity index (χ0n) is 16.0. The molecule has 0 spiro atoms. The lowest BCUT2D eigenvalue weighted by Gasteiger charge is -2.20. The molecule has 0 radical (unpaired) electrons. The molecular weight excluding hydrogens is 431 g/mol. The molecule has 1 amide bonds. The van der Waals surface area contributed by atoms with E-state index in [-0.39, 0.29) is 5.91 Å². The van der Waals surface area contributed by atoms with E-state index in [0.717, 1.165) is 31.2 Å². The predicted octanol–water partition coefficient (Wildman–Crippen LogP) is 4.53. The Morgan fingerprint density at radius 1 is 0.931 bits per heavy atom. The van der Waals surface area contributed by atoms with Crippen molar-refractivity contribution in [1.29, 1.82) is 0 Å². The molecule has 8 heteroatoms. The quantitative estimate of drug-likeness (QED) is 0.696. The lowest BCUT2D eigenvalue weighted by molar-refractivity contribution is 0.0954. The van der Waals surface area contributed by atoms with Gasteiger partial charge < -0.3 is 5.32 Å². The van der Waals surface area contributed by atoms with Gasteiger partial charge in [0.15, 0.2) is 0 Å². The van der Waals surface area contributed by atoms with Crippen LogP contribution in [0.25, 0.3) is 0 Å². The van der Waals surface area contributed by atoms with Crippen molar-refractivity contribution in [3.05, 3.63) is 63.6 Å². The van der Waals surface area contributed by atoms with Crippen LogP contribution in [0.1, 0.15) is 41.6 Å². The number of carbonyl (C=O) groups excluding carboxylic acids is 1. The van der Waals surface area contributed by atoms with Crippen molar-refractivity contribution in [2.75, 3.05) is 19.6 Å². The molecule has 5 nitrogen and oxygen atoms in total. The van der Waals surface area contributed by atoms with E-state index in [1.54, 1.807) is 40.7 Å². The minimum absolute atomic E-state index is 0.232. The van der Waals surface area contributed by atoms with Crippen molar-refractivity contribution >= 4 is 39.1 Å². The van der Waals surface area contributed by atoms with Gasteiger partial charge in [-0.15, -0.1) is 0 Å². The minimum atomic E-state index is -3.44. The molecule has 1 N–H and O–H groups in total. The molecule has 0 bridgehead atoms. The molecule has 0 aromatic heterocycles. The fraction of sp³-hybridized carbons (Fsp3) is 0.381. The summed E-state index contributed by atoms with van der Waals surface area (Å²) in [6.07, 6.45) is 4.58. The van der Waals surface area contributed by atoms with Crippen LogP contribution in [0, 0.1) is 0 Å². The number of hydrogen-bond acceptors (Lipinski definition) is 3. The number of rotatable bonds is 6. The number of benzene rings is 2. The number of amides is 1. The Morgan fingerprint density at radius 2 is 1.59 bits per heavy atom. The molecule has 2 aromatic rings. The van der Waals surface area contributed by atoms with E-state index in [1.807, 2.05) is 0 Å². The summed E-state index contributed by atoms with van der Waals surface area (Å²) in [5.74, 6) is -0.232. The number of hydrogen-bond donors (Lipinski definition) is 1. The zero-order chi connectivity index (χ0) is 20.9. The fourth-order valence-corrected chi connectivity index (χ4v) is 5.13. The largest absolute Gasteiger partial charge is 0.352 e. The average Bonchev–Trinajstić information content (AvgIpc) is 3.00. The molecule has 1 aliphatic rings. The minimum Gasteiger partial charge on any atom is -0.352 e. The van der Waals surface area contributed by atoms with Gasteiger partial charge in [0, 0.05) is 25.2 Å². The van der Waals surface area contributed by atoms with Gasteiger partial charge in [0.2, 0.25) is 10.0 Å². The first kappa shape index (κ1) is 22.1. The summed E-state index contributed by atoms with van der Waals surface area (Å²) in [6.45, 7) is 1.60. The van der Waals surface area contributed by atoms with Crippen molar-refractivity contribution < 1.29 is 13.2 Å². The predicted molar refractivity (Wildman–Crippen MR) is 116 cm³/mol. The second-order valence-electron chi connectivity index (χ2n) is 7.10. The van der Waals surface area contributed by atoms with Crippen LogP contribution in [0.5, 0.6) is 0 Å². The number of nitrogens with one attached hydrogen (secondary N) is 1. The summed E-state index contributed by atoms with van der Waals surface area (Å²) in [6, 6.07) is 11.6. The van der Waals surface area contributed by atoms with E-state index in [1.165, 1.54) is 6.07 Å². The van der Waals surface area contributed by atoms with E-state index in [9.17, 15) is 13.2 Å². The van der Waals surface area contributed by atoms with Gasteiger partial charge >= 0.3 is 0 Å². The second-order valence-corrected chi connectivity index (χ2v) is 9.85. The monoisotopic (exact) mass is 454 g/mol. The molecular formula is C21H24Cl2N2O3S. The molecule has 1 heterocycles. The number of carbonyl (C=O) groups is 1. The maximum atomic E-state index is 12.8. The van der Waals surface area contributed by atoms with E-state index in [4.69, 9.17) is 23.2 Å². The normalized spacial score (nSPS) is 15.7. The van der Waals surface area contributed by atoms with Crippen LogP contribution in [-0.4, -0.2) is 38.3 Å². The first-order valence-electron chi connectivity index (χ1n) is 9.70. The highest BCUT2D eigenvalue weighted by Gasteiger charge is 2.24. The maximum absolute atomic E-state index is 12.8. The molecule has 0 aliphatic carbocycles. The highest BCUT2D eigenvalue weighted by atomic mass is 35.5. The van der Waals surface area contributed by atoms with Crippen LogP contribution in [0.3, 0.4) is 0 Å². The van der Waals surface area contributed by atoms with Gasteiger partial charge in [0.05, 0.1) is 14.9 Å². The number of halogens is 2. The Bertz CT molecular complexity index is 954. The van der Waals surface area contributed by atoms with Gasteiger partial charge in [-0.05, 0) is 55.2 Å². The van der Waals surface area contributed by atoms with Crippen LogP contribution < -0.4 is 5.32 Å². The van der Waals surface area contributed by atoms with Crippen LogP contribution in [0.15, 0.2) is 47.4 Å². The lowest BCUT2D eigenvalue weighted by atomic mass is 10.1. The SMILES string of the molecule is O=C(NCCc1ccc(S(=O)(=O)N2CCCCCC2)cc1)c1ccc(Cl)c(Cl)c1. The topological polar surface area (TPSA) is 66.5 Å². The smallest absolute Gasteiger partial charge is 0.251 e. The number of sulfonamides is 1. The molecule has 2 aromatic carbocycles. The fourth-order valence-electron chi connectivity index (χ4n) is 3.32. The van der Waals surface area contributed by atoms with Crippen LogP contribution in [-0.2, 0) is 16.4 Å². The van der Waals surface area contributed by atoms with Crippen LogP contribution in [0.2, 0.25) is 10.0 Å². The first-order chi connectivity index (χ1) is 13.9. The number of nitrogens with zero attached hydrogens (tertiary/aromatic N) is 1. The van der Waals surface area contributed by atoms with Gasteiger partial charge in [0.1, 0.15) is 0 Å². The van der Waals surface area contributed by atoms with Crippen molar-refractivity contribution in [2.45, 2.75) is 37.0 Å². The molecule has 0 saturated carbocycles. The summed E-state index contributed by atoms with van der Waals surface area (Å²) >= 11 is 11.8. The first-order valence-corrected chi connectivity index (χ1v) is 11.9. The van der Waals surface area contributed by atoms with E-state index in [0.29, 0.717) is 46.6 Å². The summed E-state index contributed by atoms with van der Waals surface area (Å²) in [5, 5.41) is 3.57. The van der Waals surface area contributed by atoms with Gasteiger partial charge in [-0.1, -0.05) is 48.2 Å².